The van der Waals surface area contributed by atoms with Crippen LogP contribution in [0.25, 0.3) is 0 Å². The standard InChI is InChI=1S/C23H21ClN2O3/c1-15-12-18(13-16(2)22(15)24)29-14-21(27)26-20-11-7-6-10-19(20)23(28)25-17-8-4-3-5-9-17/h3-13H,14H2,1-2H3,(H,25,28)(H,26,27). The molecule has 3 aromatic rings. The fourth-order valence-electron chi connectivity index (χ4n) is 2.83. The Labute approximate surface area is 174 Å². The van der Waals surface area contributed by atoms with E-state index in [-0.39, 0.29) is 18.4 Å². The maximum absolute atomic E-state index is 12.6. The monoisotopic (exact) mass is 408 g/mol. The van der Waals surface area contributed by atoms with Crippen LogP contribution in [0.1, 0.15) is 21.5 Å². The highest BCUT2D eigenvalue weighted by atomic mass is 35.5. The minimum absolute atomic E-state index is 0.185. The van der Waals surface area contributed by atoms with E-state index in [1.807, 2.05) is 32.0 Å². The quantitative estimate of drug-likeness (QED) is 0.587. The summed E-state index contributed by atoms with van der Waals surface area (Å²) in [4.78, 5) is 25.0. The van der Waals surface area contributed by atoms with Gasteiger partial charge in [-0.2, -0.15) is 0 Å². The first-order chi connectivity index (χ1) is 13.9. The van der Waals surface area contributed by atoms with Crippen molar-refractivity contribution in [1.29, 1.82) is 0 Å². The largest absolute Gasteiger partial charge is 0.484 e. The number of rotatable bonds is 6. The fourth-order valence-corrected chi connectivity index (χ4v) is 2.94. The van der Waals surface area contributed by atoms with Crippen molar-refractivity contribution in [2.45, 2.75) is 13.8 Å². The number of nitrogens with one attached hydrogen (secondary N) is 2. The maximum atomic E-state index is 12.6. The lowest BCUT2D eigenvalue weighted by Crippen LogP contribution is -2.22. The van der Waals surface area contributed by atoms with Crippen LogP contribution in [-0.4, -0.2) is 18.4 Å². The molecule has 0 aliphatic carbocycles. The molecule has 3 aromatic carbocycles. The van der Waals surface area contributed by atoms with Gasteiger partial charge in [0.2, 0.25) is 0 Å². The highest BCUT2D eigenvalue weighted by molar-refractivity contribution is 6.32. The average Bonchev–Trinajstić information content (AvgIpc) is 2.71. The average molecular weight is 409 g/mol. The summed E-state index contributed by atoms with van der Waals surface area (Å²) in [7, 11) is 0. The zero-order chi connectivity index (χ0) is 20.8. The van der Waals surface area contributed by atoms with Gasteiger partial charge in [-0.15, -0.1) is 0 Å². The number of hydrogen-bond donors (Lipinski definition) is 2. The molecule has 0 radical (unpaired) electrons. The first kappa shape index (κ1) is 20.4. The maximum Gasteiger partial charge on any atom is 0.262 e. The van der Waals surface area contributed by atoms with E-state index in [1.165, 1.54) is 0 Å². The van der Waals surface area contributed by atoms with Gasteiger partial charge in [-0.1, -0.05) is 41.9 Å². The van der Waals surface area contributed by atoms with Gasteiger partial charge in [0.05, 0.1) is 11.3 Å². The van der Waals surface area contributed by atoms with Crippen LogP contribution < -0.4 is 15.4 Å². The number of carbonyl (C=O) groups is 2. The second-order valence-electron chi connectivity index (χ2n) is 6.57. The van der Waals surface area contributed by atoms with Crippen molar-refractivity contribution in [3.8, 4) is 5.75 Å². The van der Waals surface area contributed by atoms with Crippen molar-refractivity contribution in [3.63, 3.8) is 0 Å². The number of benzene rings is 3. The molecule has 0 heterocycles. The Kier molecular flexibility index (Phi) is 6.52. The zero-order valence-corrected chi connectivity index (χ0v) is 16.9. The van der Waals surface area contributed by atoms with Gasteiger partial charge in [0.1, 0.15) is 5.75 Å². The third-order valence-corrected chi connectivity index (χ3v) is 4.85. The Balaban J connectivity index is 1.66. The predicted molar refractivity (Wildman–Crippen MR) is 116 cm³/mol. The topological polar surface area (TPSA) is 67.4 Å². The van der Waals surface area contributed by atoms with Crippen molar-refractivity contribution in [3.05, 3.63) is 88.4 Å². The molecule has 6 heteroatoms. The zero-order valence-electron chi connectivity index (χ0n) is 16.2. The number of anilines is 2. The molecule has 0 atom stereocenters. The number of ether oxygens (including phenoxy) is 1. The summed E-state index contributed by atoms with van der Waals surface area (Å²) < 4.78 is 5.58. The van der Waals surface area contributed by atoms with E-state index >= 15 is 0 Å². The third kappa shape index (κ3) is 5.36. The summed E-state index contributed by atoms with van der Waals surface area (Å²) in [5, 5.41) is 6.23. The molecule has 3 rings (SSSR count). The first-order valence-corrected chi connectivity index (χ1v) is 9.46. The Morgan fingerprint density at radius 1 is 0.897 bits per heavy atom. The van der Waals surface area contributed by atoms with Crippen LogP contribution in [0.5, 0.6) is 5.75 Å². The van der Waals surface area contributed by atoms with Gasteiger partial charge in [0, 0.05) is 10.7 Å². The molecule has 2 amide bonds. The summed E-state index contributed by atoms with van der Waals surface area (Å²) in [5.41, 5.74) is 3.21. The number of halogens is 1. The van der Waals surface area contributed by atoms with E-state index in [4.69, 9.17) is 16.3 Å². The Hall–Kier alpha value is -3.31. The molecular formula is C23H21ClN2O3. The molecule has 0 unspecified atom stereocenters. The van der Waals surface area contributed by atoms with Crippen LogP contribution in [0.3, 0.4) is 0 Å². The molecule has 0 saturated heterocycles. The summed E-state index contributed by atoms with van der Waals surface area (Å²) in [6.45, 7) is 3.57. The van der Waals surface area contributed by atoms with Crippen molar-refractivity contribution in [2.75, 3.05) is 17.2 Å². The molecule has 148 valence electrons. The Morgan fingerprint density at radius 2 is 1.52 bits per heavy atom. The van der Waals surface area contributed by atoms with E-state index < -0.39 is 0 Å². The molecular weight excluding hydrogens is 388 g/mol. The van der Waals surface area contributed by atoms with Gasteiger partial charge in [-0.05, 0) is 61.4 Å². The van der Waals surface area contributed by atoms with E-state index in [9.17, 15) is 9.59 Å². The normalized spacial score (nSPS) is 10.3. The van der Waals surface area contributed by atoms with Gasteiger partial charge in [-0.25, -0.2) is 0 Å². The molecule has 0 aliphatic heterocycles. The molecule has 2 N–H and O–H groups in total. The minimum atomic E-state index is -0.366. The number of carbonyl (C=O) groups excluding carboxylic acids is 2. The van der Waals surface area contributed by atoms with Crippen molar-refractivity contribution in [2.24, 2.45) is 0 Å². The summed E-state index contributed by atoms with van der Waals surface area (Å²) in [6, 6.07) is 19.5. The molecule has 0 saturated carbocycles. The number of para-hydroxylation sites is 2. The van der Waals surface area contributed by atoms with Gasteiger partial charge < -0.3 is 15.4 Å². The minimum Gasteiger partial charge on any atom is -0.484 e. The van der Waals surface area contributed by atoms with Crippen LogP contribution >= 0.6 is 11.6 Å². The number of amides is 2. The molecule has 0 spiro atoms. The lowest BCUT2D eigenvalue weighted by atomic mass is 10.1. The van der Waals surface area contributed by atoms with E-state index in [2.05, 4.69) is 10.6 Å². The van der Waals surface area contributed by atoms with Gasteiger partial charge in [-0.3, -0.25) is 9.59 Å². The second-order valence-corrected chi connectivity index (χ2v) is 6.95. The SMILES string of the molecule is Cc1cc(OCC(=O)Nc2ccccc2C(=O)Nc2ccccc2)cc(C)c1Cl. The van der Waals surface area contributed by atoms with E-state index in [0.29, 0.717) is 27.7 Å². The molecule has 29 heavy (non-hydrogen) atoms. The molecule has 0 bridgehead atoms. The summed E-state index contributed by atoms with van der Waals surface area (Å²) in [6.07, 6.45) is 0. The van der Waals surface area contributed by atoms with Crippen molar-refractivity contribution in [1.82, 2.24) is 0 Å². The molecule has 0 aliphatic rings. The van der Waals surface area contributed by atoms with Crippen molar-refractivity contribution >= 4 is 34.8 Å². The smallest absolute Gasteiger partial charge is 0.262 e. The number of aryl methyl sites for hydroxylation is 2. The third-order valence-electron chi connectivity index (χ3n) is 4.26. The van der Waals surface area contributed by atoms with Gasteiger partial charge in [0.25, 0.3) is 11.8 Å². The van der Waals surface area contributed by atoms with Crippen molar-refractivity contribution < 1.29 is 14.3 Å². The Morgan fingerprint density at radius 3 is 2.21 bits per heavy atom. The van der Waals surface area contributed by atoms with Gasteiger partial charge in [0.15, 0.2) is 6.61 Å². The molecule has 0 fully saturated rings. The van der Waals surface area contributed by atoms with Crippen LogP contribution in [-0.2, 0) is 4.79 Å². The van der Waals surface area contributed by atoms with E-state index in [0.717, 1.165) is 11.1 Å². The highest BCUT2D eigenvalue weighted by Gasteiger charge is 2.14. The molecule has 5 nitrogen and oxygen atoms in total. The van der Waals surface area contributed by atoms with Crippen LogP contribution in [0, 0.1) is 13.8 Å². The molecule has 0 aromatic heterocycles. The van der Waals surface area contributed by atoms with Gasteiger partial charge >= 0.3 is 0 Å². The lowest BCUT2D eigenvalue weighted by molar-refractivity contribution is -0.118. The summed E-state index contributed by atoms with van der Waals surface area (Å²) in [5.74, 6) is -0.109. The summed E-state index contributed by atoms with van der Waals surface area (Å²) >= 11 is 6.15. The predicted octanol–water partition coefficient (Wildman–Crippen LogP) is 5.23. The first-order valence-electron chi connectivity index (χ1n) is 9.09. The van der Waals surface area contributed by atoms with Crippen LogP contribution in [0.2, 0.25) is 5.02 Å². The number of hydrogen-bond acceptors (Lipinski definition) is 3. The van der Waals surface area contributed by atoms with Crippen LogP contribution in [0.15, 0.2) is 66.7 Å². The highest BCUT2D eigenvalue weighted by Crippen LogP contribution is 2.26. The lowest BCUT2D eigenvalue weighted by Gasteiger charge is -2.13. The Bertz CT molecular complexity index is 1010. The fraction of sp³-hybridized carbons (Fsp3) is 0.130. The van der Waals surface area contributed by atoms with Crippen LogP contribution in [0.4, 0.5) is 11.4 Å². The second kappa shape index (κ2) is 9.26. The van der Waals surface area contributed by atoms with E-state index in [1.54, 1.807) is 48.5 Å².